The lowest BCUT2D eigenvalue weighted by atomic mass is 9.97. The van der Waals surface area contributed by atoms with Crippen molar-refractivity contribution < 1.29 is 9.53 Å². The standard InChI is InChI=1S/C14H19NO2S/c1-15-9-8-12(14(16)17-2)13(10-15)18-11-6-4-3-5-7-11/h3-7,12-13H,8-10H2,1-2H3. The van der Waals surface area contributed by atoms with Gasteiger partial charge in [-0.1, -0.05) is 18.2 Å². The Balaban J connectivity index is 2.08. The molecule has 2 unspecified atom stereocenters. The minimum Gasteiger partial charge on any atom is -0.469 e. The van der Waals surface area contributed by atoms with E-state index < -0.39 is 0 Å². The quantitative estimate of drug-likeness (QED) is 0.784. The van der Waals surface area contributed by atoms with Gasteiger partial charge in [-0.05, 0) is 32.1 Å². The van der Waals surface area contributed by atoms with Crippen molar-refractivity contribution in [1.82, 2.24) is 4.90 Å². The van der Waals surface area contributed by atoms with Crippen LogP contribution in [0.25, 0.3) is 0 Å². The number of esters is 1. The minimum absolute atomic E-state index is 0.0106. The van der Waals surface area contributed by atoms with E-state index in [0.717, 1.165) is 19.5 Å². The first-order valence-electron chi connectivity index (χ1n) is 6.19. The molecule has 1 aromatic carbocycles. The summed E-state index contributed by atoms with van der Waals surface area (Å²) in [5.41, 5.74) is 0. The third-order valence-corrected chi connectivity index (χ3v) is 4.62. The summed E-state index contributed by atoms with van der Waals surface area (Å²) in [5, 5.41) is 0.276. The topological polar surface area (TPSA) is 29.5 Å². The second-order valence-electron chi connectivity index (χ2n) is 4.65. The van der Waals surface area contributed by atoms with Gasteiger partial charge >= 0.3 is 5.97 Å². The number of ether oxygens (including phenoxy) is 1. The van der Waals surface area contributed by atoms with Crippen LogP contribution in [-0.4, -0.2) is 43.4 Å². The van der Waals surface area contributed by atoms with E-state index >= 15 is 0 Å². The van der Waals surface area contributed by atoms with Gasteiger partial charge in [-0.25, -0.2) is 0 Å². The highest BCUT2D eigenvalue weighted by atomic mass is 32.2. The molecular formula is C14H19NO2S. The summed E-state index contributed by atoms with van der Waals surface area (Å²) in [6.07, 6.45) is 0.883. The van der Waals surface area contributed by atoms with Crippen LogP contribution in [0.1, 0.15) is 6.42 Å². The van der Waals surface area contributed by atoms with E-state index in [2.05, 4.69) is 24.1 Å². The molecule has 18 heavy (non-hydrogen) atoms. The van der Waals surface area contributed by atoms with Crippen LogP contribution in [0.5, 0.6) is 0 Å². The van der Waals surface area contributed by atoms with Crippen molar-refractivity contribution in [2.75, 3.05) is 27.2 Å². The number of hydrogen-bond acceptors (Lipinski definition) is 4. The van der Waals surface area contributed by atoms with Crippen LogP contribution in [0.4, 0.5) is 0 Å². The van der Waals surface area contributed by atoms with Crippen LogP contribution in [-0.2, 0) is 9.53 Å². The molecule has 3 nitrogen and oxygen atoms in total. The fraction of sp³-hybridized carbons (Fsp3) is 0.500. The average Bonchev–Trinajstić information content (AvgIpc) is 2.39. The molecular weight excluding hydrogens is 246 g/mol. The van der Waals surface area contributed by atoms with Gasteiger partial charge in [0, 0.05) is 16.7 Å². The van der Waals surface area contributed by atoms with E-state index in [4.69, 9.17) is 4.74 Å². The van der Waals surface area contributed by atoms with Crippen molar-refractivity contribution >= 4 is 17.7 Å². The molecule has 2 atom stereocenters. The molecule has 0 N–H and O–H groups in total. The van der Waals surface area contributed by atoms with Gasteiger partial charge in [0.15, 0.2) is 0 Å². The first kappa shape index (κ1) is 13.4. The molecule has 2 rings (SSSR count). The molecule has 98 valence electrons. The Morgan fingerprint density at radius 2 is 2.11 bits per heavy atom. The molecule has 0 amide bonds. The molecule has 0 saturated carbocycles. The normalized spacial score (nSPS) is 24.8. The van der Waals surface area contributed by atoms with E-state index in [1.165, 1.54) is 12.0 Å². The highest BCUT2D eigenvalue weighted by Gasteiger charge is 2.34. The molecule has 0 aliphatic carbocycles. The SMILES string of the molecule is COC(=O)C1CCN(C)CC1Sc1ccccc1. The van der Waals surface area contributed by atoms with Crippen molar-refractivity contribution in [2.24, 2.45) is 5.92 Å². The van der Waals surface area contributed by atoms with Gasteiger partial charge in [-0.3, -0.25) is 4.79 Å². The van der Waals surface area contributed by atoms with Crippen molar-refractivity contribution in [3.05, 3.63) is 30.3 Å². The molecule has 4 heteroatoms. The summed E-state index contributed by atoms with van der Waals surface area (Å²) >= 11 is 1.78. The van der Waals surface area contributed by atoms with Crippen LogP contribution in [0.15, 0.2) is 35.2 Å². The fourth-order valence-electron chi connectivity index (χ4n) is 2.29. The molecule has 0 spiro atoms. The summed E-state index contributed by atoms with van der Waals surface area (Å²) in [6.45, 7) is 1.89. The molecule has 1 heterocycles. The zero-order chi connectivity index (χ0) is 13.0. The van der Waals surface area contributed by atoms with Gasteiger partial charge in [-0.15, -0.1) is 11.8 Å². The number of nitrogens with zero attached hydrogens (tertiary/aromatic N) is 1. The van der Waals surface area contributed by atoms with E-state index in [0.29, 0.717) is 0 Å². The number of likely N-dealkylation sites (tertiary alicyclic amines) is 1. The predicted octanol–water partition coefficient (Wildman–Crippen LogP) is 2.27. The van der Waals surface area contributed by atoms with Crippen LogP contribution >= 0.6 is 11.8 Å². The number of benzene rings is 1. The Kier molecular flexibility index (Phi) is 4.66. The lowest BCUT2D eigenvalue weighted by Crippen LogP contribution is -2.43. The molecule has 1 aliphatic heterocycles. The molecule has 0 radical (unpaired) electrons. The number of carbonyl (C=O) groups excluding carboxylic acids is 1. The zero-order valence-corrected chi connectivity index (χ0v) is 11.7. The third-order valence-electron chi connectivity index (χ3n) is 3.30. The molecule has 0 aromatic heterocycles. The first-order chi connectivity index (χ1) is 8.70. The Bertz CT molecular complexity index is 396. The summed E-state index contributed by atoms with van der Waals surface area (Å²) < 4.78 is 4.92. The maximum atomic E-state index is 11.8. The molecule has 1 fully saturated rings. The van der Waals surface area contributed by atoms with E-state index in [-0.39, 0.29) is 17.1 Å². The third kappa shape index (κ3) is 3.27. The number of rotatable bonds is 3. The molecule has 0 bridgehead atoms. The van der Waals surface area contributed by atoms with Crippen molar-refractivity contribution in [3.63, 3.8) is 0 Å². The van der Waals surface area contributed by atoms with Crippen molar-refractivity contribution in [1.29, 1.82) is 0 Å². The summed E-state index contributed by atoms with van der Waals surface area (Å²) in [6, 6.07) is 10.3. The van der Waals surface area contributed by atoms with Gasteiger partial charge in [0.1, 0.15) is 0 Å². The summed E-state index contributed by atoms with van der Waals surface area (Å²) in [5.74, 6) is -0.0621. The number of methoxy groups -OCH3 is 1. The lowest BCUT2D eigenvalue weighted by Gasteiger charge is -2.34. The average molecular weight is 265 g/mol. The van der Waals surface area contributed by atoms with Gasteiger partial charge in [-0.2, -0.15) is 0 Å². The number of thioether (sulfide) groups is 1. The molecule has 1 aliphatic rings. The summed E-state index contributed by atoms with van der Waals surface area (Å²) in [7, 11) is 3.58. The highest BCUT2D eigenvalue weighted by Crippen LogP contribution is 2.33. The van der Waals surface area contributed by atoms with E-state index in [1.54, 1.807) is 11.8 Å². The second kappa shape index (κ2) is 6.25. The van der Waals surface area contributed by atoms with E-state index in [1.807, 2.05) is 18.2 Å². The first-order valence-corrected chi connectivity index (χ1v) is 7.06. The maximum absolute atomic E-state index is 11.8. The van der Waals surface area contributed by atoms with Crippen molar-refractivity contribution in [2.45, 2.75) is 16.6 Å². The van der Waals surface area contributed by atoms with Gasteiger partial charge in [0.2, 0.25) is 0 Å². The van der Waals surface area contributed by atoms with Gasteiger partial charge in [0.25, 0.3) is 0 Å². The highest BCUT2D eigenvalue weighted by molar-refractivity contribution is 8.00. The number of piperidine rings is 1. The van der Waals surface area contributed by atoms with E-state index in [9.17, 15) is 4.79 Å². The second-order valence-corrected chi connectivity index (χ2v) is 5.96. The van der Waals surface area contributed by atoms with Crippen LogP contribution in [0.2, 0.25) is 0 Å². The Hall–Kier alpha value is -1.00. The Labute approximate surface area is 113 Å². The minimum atomic E-state index is -0.0727. The van der Waals surface area contributed by atoms with Crippen molar-refractivity contribution in [3.8, 4) is 0 Å². The number of carbonyl (C=O) groups is 1. The summed E-state index contributed by atoms with van der Waals surface area (Å²) in [4.78, 5) is 15.3. The molecule has 1 saturated heterocycles. The van der Waals surface area contributed by atoms with Crippen LogP contribution in [0.3, 0.4) is 0 Å². The maximum Gasteiger partial charge on any atom is 0.309 e. The molecule has 1 aromatic rings. The zero-order valence-electron chi connectivity index (χ0n) is 10.8. The fourth-order valence-corrected chi connectivity index (χ4v) is 3.69. The number of hydrogen-bond donors (Lipinski definition) is 0. The Morgan fingerprint density at radius 3 is 2.78 bits per heavy atom. The predicted molar refractivity (Wildman–Crippen MR) is 73.7 cm³/mol. The lowest BCUT2D eigenvalue weighted by molar-refractivity contribution is -0.146. The Morgan fingerprint density at radius 1 is 1.39 bits per heavy atom. The smallest absolute Gasteiger partial charge is 0.309 e. The van der Waals surface area contributed by atoms with Gasteiger partial charge < -0.3 is 9.64 Å². The van der Waals surface area contributed by atoms with Crippen LogP contribution < -0.4 is 0 Å². The van der Waals surface area contributed by atoms with Gasteiger partial charge in [0.05, 0.1) is 13.0 Å². The van der Waals surface area contributed by atoms with Crippen LogP contribution in [0, 0.1) is 5.92 Å². The monoisotopic (exact) mass is 265 g/mol. The largest absolute Gasteiger partial charge is 0.469 e.